The molecule has 0 amide bonds. The molecule has 10 heteroatoms. The number of rotatable bonds is 3. The van der Waals surface area contributed by atoms with Crippen molar-refractivity contribution >= 4 is 36.3 Å². The van der Waals surface area contributed by atoms with Crippen LogP contribution in [0.5, 0.6) is 0 Å². The Bertz CT molecular complexity index is 2130. The maximum atomic E-state index is 13.6. The molecular formula is C33H26N2O6S2. The van der Waals surface area contributed by atoms with Gasteiger partial charge >= 0.3 is 0 Å². The van der Waals surface area contributed by atoms with Crippen LogP contribution in [0, 0.1) is 33.8 Å². The Morgan fingerprint density at radius 3 is 2.37 bits per heavy atom. The zero-order chi connectivity index (χ0) is 30.2. The fraction of sp³-hybridized carbons (Fsp3) is 0.212. The van der Waals surface area contributed by atoms with Crippen molar-refractivity contribution in [2.75, 3.05) is 13.1 Å². The first-order valence-corrected chi connectivity index (χ1v) is 17.0. The van der Waals surface area contributed by atoms with Crippen LogP contribution >= 0.6 is 0 Å². The van der Waals surface area contributed by atoms with Crippen LogP contribution in [0.1, 0.15) is 41.5 Å². The fourth-order valence-electron chi connectivity index (χ4n) is 5.61. The summed E-state index contributed by atoms with van der Waals surface area (Å²) < 4.78 is 54.0. The highest BCUT2D eigenvalue weighted by atomic mass is 32.2. The molecule has 0 saturated heterocycles. The topological polar surface area (TPSA) is 115 Å². The van der Waals surface area contributed by atoms with Crippen molar-refractivity contribution in [2.45, 2.75) is 35.7 Å². The van der Waals surface area contributed by atoms with Crippen molar-refractivity contribution < 1.29 is 21.8 Å². The predicted molar refractivity (Wildman–Crippen MR) is 165 cm³/mol. The predicted octanol–water partition coefficient (Wildman–Crippen LogP) is 5.42. The highest BCUT2D eigenvalue weighted by Gasteiger charge is 2.30. The summed E-state index contributed by atoms with van der Waals surface area (Å²) in [6.07, 6.45) is 1.74. The normalized spacial score (nSPS) is 16.4. The molecule has 2 aliphatic rings. The molecule has 4 bridgehead atoms. The van der Waals surface area contributed by atoms with Crippen LogP contribution in [0.2, 0.25) is 0 Å². The first-order chi connectivity index (χ1) is 20.6. The third-order valence-electron chi connectivity index (χ3n) is 7.67. The Morgan fingerprint density at radius 2 is 1.58 bits per heavy atom. The maximum Gasteiger partial charge on any atom is 0.269 e. The van der Waals surface area contributed by atoms with Crippen LogP contribution in [0.4, 0.5) is 5.69 Å². The highest BCUT2D eigenvalue weighted by Crippen LogP contribution is 2.42. The van der Waals surface area contributed by atoms with Gasteiger partial charge in [0.2, 0.25) is 10.0 Å². The van der Waals surface area contributed by atoms with Gasteiger partial charge in [-0.3, -0.25) is 10.1 Å². The lowest BCUT2D eigenvalue weighted by molar-refractivity contribution is -0.384. The van der Waals surface area contributed by atoms with Gasteiger partial charge in [0.05, 0.1) is 27.9 Å². The molecule has 0 saturated carbocycles. The molecule has 0 atom stereocenters. The molecular weight excluding hydrogens is 585 g/mol. The van der Waals surface area contributed by atoms with Crippen LogP contribution in [0.3, 0.4) is 0 Å². The fourth-order valence-corrected chi connectivity index (χ4v) is 8.59. The molecule has 2 heterocycles. The molecule has 0 fully saturated rings. The summed E-state index contributed by atoms with van der Waals surface area (Å²) in [7, 11) is -7.30. The summed E-state index contributed by atoms with van der Waals surface area (Å²) in [6.45, 7) is 0.119. The second kappa shape index (κ2) is 11.3. The minimum Gasteiger partial charge on any atom is -0.258 e. The van der Waals surface area contributed by atoms with E-state index in [-0.39, 0.29) is 35.2 Å². The van der Waals surface area contributed by atoms with Crippen molar-refractivity contribution in [3.05, 3.63) is 105 Å². The molecule has 0 aliphatic carbocycles. The molecule has 0 aromatic heterocycles. The van der Waals surface area contributed by atoms with Crippen molar-refractivity contribution in [3.8, 4) is 34.8 Å². The smallest absolute Gasteiger partial charge is 0.258 e. The number of nitro groups is 1. The standard InChI is InChI=1S/C33H26N2O6S2/c36-35(37)27-15-17-28(18-16-27)43(40,41)34-19-6-2-1-3-9-24-10-4-5-13-29(24)33-30-14-7-11-25(12-8-20-34)31(30)21-26-22-42(38,39)23-32(26)33/h4-5,7,10-11,13-18,21H,1-2,6,19-20,22-23H2. The lowest BCUT2D eigenvalue weighted by Crippen LogP contribution is -2.32. The summed E-state index contributed by atoms with van der Waals surface area (Å²) in [4.78, 5) is 10.4. The maximum absolute atomic E-state index is 13.6. The minimum atomic E-state index is -3.98. The lowest BCUT2D eigenvalue weighted by Gasteiger charge is -2.20. The molecule has 6 rings (SSSR count). The third kappa shape index (κ3) is 5.65. The molecule has 0 radical (unpaired) electrons. The summed E-state index contributed by atoms with van der Waals surface area (Å²) in [5.74, 6) is 12.6. The number of fused-ring (bicyclic) bond motifs is 4. The zero-order valence-electron chi connectivity index (χ0n) is 23.0. The van der Waals surface area contributed by atoms with Gasteiger partial charge in [-0.2, -0.15) is 4.31 Å². The van der Waals surface area contributed by atoms with Gasteiger partial charge in [0.1, 0.15) is 0 Å². The van der Waals surface area contributed by atoms with Gasteiger partial charge < -0.3 is 0 Å². The number of non-ortho nitro benzene ring substituents is 1. The molecule has 4 aromatic rings. The van der Waals surface area contributed by atoms with E-state index in [1.54, 1.807) is 0 Å². The summed E-state index contributed by atoms with van der Waals surface area (Å²) >= 11 is 0. The van der Waals surface area contributed by atoms with Crippen LogP contribution in [-0.4, -0.2) is 39.2 Å². The lowest BCUT2D eigenvalue weighted by atomic mass is 9.87. The zero-order valence-corrected chi connectivity index (χ0v) is 24.7. The minimum absolute atomic E-state index is 0.0409. The Hall–Kier alpha value is -4.48. The van der Waals surface area contributed by atoms with Crippen molar-refractivity contribution in [2.24, 2.45) is 0 Å². The van der Waals surface area contributed by atoms with Crippen molar-refractivity contribution in [3.63, 3.8) is 0 Å². The molecule has 8 nitrogen and oxygen atoms in total. The Kier molecular flexibility index (Phi) is 7.53. The molecule has 216 valence electrons. The quantitative estimate of drug-likeness (QED) is 0.174. The third-order valence-corrected chi connectivity index (χ3v) is 11.0. The van der Waals surface area contributed by atoms with Crippen LogP contribution in [0.25, 0.3) is 21.9 Å². The van der Waals surface area contributed by atoms with E-state index in [0.29, 0.717) is 24.8 Å². The largest absolute Gasteiger partial charge is 0.269 e. The van der Waals surface area contributed by atoms with Gasteiger partial charge in [-0.1, -0.05) is 54.0 Å². The van der Waals surface area contributed by atoms with Crippen LogP contribution in [-0.2, 0) is 31.4 Å². The van der Waals surface area contributed by atoms with E-state index < -0.39 is 24.8 Å². The summed E-state index contributed by atoms with van der Waals surface area (Å²) in [5, 5.41) is 12.7. The van der Waals surface area contributed by atoms with Gasteiger partial charge in [-0.25, -0.2) is 16.8 Å². The van der Waals surface area contributed by atoms with Gasteiger partial charge in [0.15, 0.2) is 9.84 Å². The molecule has 43 heavy (non-hydrogen) atoms. The van der Waals surface area contributed by atoms with Gasteiger partial charge in [-0.15, -0.1) is 0 Å². The Balaban J connectivity index is 1.50. The van der Waals surface area contributed by atoms with Gasteiger partial charge in [0, 0.05) is 36.2 Å². The van der Waals surface area contributed by atoms with Gasteiger partial charge in [0.25, 0.3) is 5.69 Å². The molecule has 0 spiro atoms. The molecule has 0 N–H and O–H groups in total. The van der Waals surface area contributed by atoms with E-state index in [4.69, 9.17) is 0 Å². The first kappa shape index (κ1) is 28.6. The van der Waals surface area contributed by atoms with E-state index >= 15 is 0 Å². The highest BCUT2D eigenvalue weighted by molar-refractivity contribution is 7.90. The molecule has 0 unspecified atom stereocenters. The van der Waals surface area contributed by atoms with E-state index in [1.807, 2.05) is 48.5 Å². The average molecular weight is 611 g/mol. The Labute approximate surface area is 250 Å². The van der Waals surface area contributed by atoms with Crippen LogP contribution in [0.15, 0.2) is 77.7 Å². The number of hydrogen-bond acceptors (Lipinski definition) is 6. The van der Waals surface area contributed by atoms with Crippen molar-refractivity contribution in [1.82, 2.24) is 4.31 Å². The Morgan fingerprint density at radius 1 is 0.837 bits per heavy atom. The SMILES string of the molecule is O=[N+]([O-])c1ccc(S(=O)(=O)N2CC#Cc3cccc4c(c5c(cc34)CS(=O)(=O)C5)-c3ccccc3C#CCCCC2)cc1. The average Bonchev–Trinajstić information content (AvgIpc) is 3.30. The number of nitro benzene ring substituents is 1. The van der Waals surface area contributed by atoms with E-state index in [1.165, 1.54) is 28.6 Å². The number of sulfone groups is 1. The number of hydrogen-bond donors (Lipinski definition) is 0. The van der Waals surface area contributed by atoms with Gasteiger partial charge in [-0.05, 0) is 76.2 Å². The molecule has 2 aliphatic heterocycles. The number of benzene rings is 4. The number of nitrogens with zero attached hydrogens (tertiary/aromatic N) is 2. The van der Waals surface area contributed by atoms with E-state index in [2.05, 4.69) is 23.7 Å². The summed E-state index contributed by atoms with van der Waals surface area (Å²) in [6, 6.07) is 20.1. The van der Waals surface area contributed by atoms with E-state index in [0.717, 1.165) is 38.6 Å². The van der Waals surface area contributed by atoms with Crippen LogP contribution < -0.4 is 0 Å². The first-order valence-electron chi connectivity index (χ1n) is 13.7. The summed E-state index contributed by atoms with van der Waals surface area (Å²) in [5.41, 5.74) is 4.52. The second-order valence-electron chi connectivity index (χ2n) is 10.5. The molecule has 4 aromatic carbocycles. The number of sulfonamides is 1. The van der Waals surface area contributed by atoms with Crippen molar-refractivity contribution in [1.29, 1.82) is 0 Å². The second-order valence-corrected chi connectivity index (χ2v) is 14.5. The van der Waals surface area contributed by atoms with E-state index in [9.17, 15) is 26.9 Å². The monoisotopic (exact) mass is 610 g/mol.